The lowest BCUT2D eigenvalue weighted by Crippen LogP contribution is -2.06. The molecule has 0 heterocycles. The molecule has 156 valence electrons. The second-order valence-corrected chi connectivity index (χ2v) is 9.02. The lowest BCUT2D eigenvalue weighted by molar-refractivity contribution is 0.458. The summed E-state index contributed by atoms with van der Waals surface area (Å²) in [5.74, 6) is 1.74. The largest absolute Gasteiger partial charge is 0.456 e. The van der Waals surface area contributed by atoms with Gasteiger partial charge in [0.1, 0.15) is 32.8 Å². The van der Waals surface area contributed by atoms with Gasteiger partial charge in [-0.2, -0.15) is 0 Å². The number of rotatable bonds is 6. The first-order valence-corrected chi connectivity index (χ1v) is 11.4. The summed E-state index contributed by atoms with van der Waals surface area (Å²) in [6, 6.07) is 28.3. The summed E-state index contributed by atoms with van der Waals surface area (Å²) in [4.78, 5) is 0.165. The minimum absolute atomic E-state index is 0.0825. The van der Waals surface area contributed by atoms with Crippen molar-refractivity contribution in [2.45, 2.75) is 23.6 Å². The molecule has 31 heavy (non-hydrogen) atoms. The number of sulfone groups is 1. The van der Waals surface area contributed by atoms with E-state index in [-0.39, 0.29) is 21.3 Å². The van der Waals surface area contributed by atoms with Gasteiger partial charge in [-0.3, -0.25) is 0 Å². The SMILES string of the molecule is Cc1ccccc1Oc1ccccc1S(=O)(=O)c1ccccc1Oc1ccccc1C. The summed E-state index contributed by atoms with van der Waals surface area (Å²) in [5, 5.41) is 0. The highest BCUT2D eigenvalue weighted by atomic mass is 32.2. The Morgan fingerprint density at radius 3 is 1.19 bits per heavy atom. The molecular formula is C26H22O4S. The molecule has 0 saturated carbocycles. The topological polar surface area (TPSA) is 52.6 Å². The van der Waals surface area contributed by atoms with E-state index in [4.69, 9.17) is 9.47 Å². The third kappa shape index (κ3) is 4.32. The summed E-state index contributed by atoms with van der Waals surface area (Å²) in [6.07, 6.45) is 0. The summed E-state index contributed by atoms with van der Waals surface area (Å²) >= 11 is 0. The number of hydrogen-bond acceptors (Lipinski definition) is 4. The zero-order valence-corrected chi connectivity index (χ0v) is 18.1. The van der Waals surface area contributed by atoms with E-state index in [9.17, 15) is 8.42 Å². The number of ether oxygens (including phenoxy) is 2. The molecule has 0 N–H and O–H groups in total. The third-order valence-corrected chi connectivity index (χ3v) is 6.74. The van der Waals surface area contributed by atoms with Gasteiger partial charge in [-0.15, -0.1) is 0 Å². The van der Waals surface area contributed by atoms with Crippen LogP contribution in [0.5, 0.6) is 23.0 Å². The van der Waals surface area contributed by atoms with Gasteiger partial charge in [-0.25, -0.2) is 8.42 Å². The Balaban J connectivity index is 1.77. The molecule has 0 fully saturated rings. The van der Waals surface area contributed by atoms with Crippen LogP contribution in [0.2, 0.25) is 0 Å². The van der Waals surface area contributed by atoms with Crippen LogP contribution in [0, 0.1) is 13.8 Å². The Labute approximate surface area is 182 Å². The zero-order valence-electron chi connectivity index (χ0n) is 17.3. The van der Waals surface area contributed by atoms with Crippen molar-refractivity contribution in [1.82, 2.24) is 0 Å². The first kappa shape index (κ1) is 20.7. The first-order valence-electron chi connectivity index (χ1n) is 9.87. The number of hydrogen-bond donors (Lipinski definition) is 0. The minimum Gasteiger partial charge on any atom is -0.456 e. The van der Waals surface area contributed by atoms with Crippen molar-refractivity contribution in [1.29, 1.82) is 0 Å². The number of benzene rings is 4. The fourth-order valence-corrected chi connectivity index (χ4v) is 4.71. The second kappa shape index (κ2) is 8.66. The van der Waals surface area contributed by atoms with E-state index < -0.39 is 9.84 Å². The molecule has 0 aromatic heterocycles. The minimum atomic E-state index is -3.92. The van der Waals surface area contributed by atoms with Crippen LogP contribution < -0.4 is 9.47 Å². The molecule has 0 radical (unpaired) electrons. The fraction of sp³-hybridized carbons (Fsp3) is 0.0769. The molecule has 0 atom stereocenters. The Morgan fingerprint density at radius 2 is 0.806 bits per heavy atom. The molecule has 0 aliphatic carbocycles. The molecule has 4 nitrogen and oxygen atoms in total. The van der Waals surface area contributed by atoms with Crippen LogP contribution in [0.4, 0.5) is 0 Å². The highest BCUT2D eigenvalue weighted by Crippen LogP contribution is 2.38. The van der Waals surface area contributed by atoms with Gasteiger partial charge < -0.3 is 9.47 Å². The van der Waals surface area contributed by atoms with Crippen LogP contribution in [0.1, 0.15) is 11.1 Å². The van der Waals surface area contributed by atoms with Crippen molar-refractivity contribution in [2.24, 2.45) is 0 Å². The predicted molar refractivity (Wildman–Crippen MR) is 121 cm³/mol. The molecule has 4 aromatic rings. The molecule has 5 heteroatoms. The average molecular weight is 431 g/mol. The third-order valence-electron chi connectivity index (χ3n) is 4.90. The van der Waals surface area contributed by atoms with E-state index in [1.54, 1.807) is 48.5 Å². The number of para-hydroxylation sites is 4. The van der Waals surface area contributed by atoms with Crippen LogP contribution in [-0.2, 0) is 9.84 Å². The van der Waals surface area contributed by atoms with E-state index in [1.165, 1.54) is 0 Å². The molecule has 0 spiro atoms. The van der Waals surface area contributed by atoms with Gasteiger partial charge in [0.15, 0.2) is 0 Å². The van der Waals surface area contributed by atoms with E-state index >= 15 is 0 Å². The molecule has 0 aliphatic rings. The van der Waals surface area contributed by atoms with Crippen molar-refractivity contribution >= 4 is 9.84 Å². The van der Waals surface area contributed by atoms with Gasteiger partial charge in [0.2, 0.25) is 9.84 Å². The highest BCUT2D eigenvalue weighted by molar-refractivity contribution is 7.91. The normalized spacial score (nSPS) is 11.2. The van der Waals surface area contributed by atoms with Gasteiger partial charge in [-0.1, -0.05) is 60.7 Å². The van der Waals surface area contributed by atoms with Gasteiger partial charge in [0.05, 0.1) is 0 Å². The van der Waals surface area contributed by atoms with E-state index in [0.29, 0.717) is 11.5 Å². The van der Waals surface area contributed by atoms with Crippen molar-refractivity contribution in [3.05, 3.63) is 108 Å². The molecule has 0 unspecified atom stereocenters. The molecular weight excluding hydrogens is 408 g/mol. The van der Waals surface area contributed by atoms with Crippen LogP contribution in [0.15, 0.2) is 107 Å². The fourth-order valence-electron chi connectivity index (χ4n) is 3.21. The maximum absolute atomic E-state index is 13.7. The van der Waals surface area contributed by atoms with Crippen molar-refractivity contribution in [3.8, 4) is 23.0 Å². The maximum Gasteiger partial charge on any atom is 0.213 e. The smallest absolute Gasteiger partial charge is 0.213 e. The van der Waals surface area contributed by atoms with Crippen molar-refractivity contribution in [3.63, 3.8) is 0 Å². The Hall–Kier alpha value is -3.57. The molecule has 4 rings (SSSR count). The van der Waals surface area contributed by atoms with Crippen LogP contribution >= 0.6 is 0 Å². The van der Waals surface area contributed by atoms with Crippen molar-refractivity contribution in [2.75, 3.05) is 0 Å². The standard InChI is InChI=1S/C26H22O4S/c1-19-11-3-5-13-21(19)29-23-15-7-9-17-25(23)31(27,28)26-18-10-8-16-24(26)30-22-14-6-4-12-20(22)2/h3-18H,1-2H3. The zero-order chi connectivity index (χ0) is 21.8. The summed E-state index contributed by atoms with van der Waals surface area (Å²) in [7, 11) is -3.92. The lowest BCUT2D eigenvalue weighted by atomic mass is 10.2. The van der Waals surface area contributed by atoms with Crippen LogP contribution in [0.25, 0.3) is 0 Å². The first-order chi connectivity index (χ1) is 15.0. The van der Waals surface area contributed by atoms with Crippen LogP contribution in [-0.4, -0.2) is 8.42 Å². The molecule has 4 aromatic carbocycles. The Morgan fingerprint density at radius 1 is 0.484 bits per heavy atom. The van der Waals surface area contributed by atoms with Crippen LogP contribution in [0.3, 0.4) is 0 Å². The van der Waals surface area contributed by atoms with Gasteiger partial charge in [-0.05, 0) is 61.4 Å². The molecule has 0 bridgehead atoms. The summed E-state index contributed by atoms with van der Waals surface area (Å²) in [6.45, 7) is 3.83. The van der Waals surface area contributed by atoms with Crippen molar-refractivity contribution < 1.29 is 17.9 Å². The predicted octanol–water partition coefficient (Wildman–Crippen LogP) is 6.72. The Bertz CT molecular complexity index is 1230. The summed E-state index contributed by atoms with van der Waals surface area (Å²) in [5.41, 5.74) is 1.83. The molecule has 0 saturated heterocycles. The van der Waals surface area contributed by atoms with Gasteiger partial charge in [0, 0.05) is 0 Å². The monoisotopic (exact) mass is 430 g/mol. The van der Waals surface area contributed by atoms with Gasteiger partial charge in [0.25, 0.3) is 0 Å². The molecule has 0 amide bonds. The number of aryl methyl sites for hydroxylation is 2. The highest BCUT2D eigenvalue weighted by Gasteiger charge is 2.26. The molecule has 0 aliphatic heterocycles. The van der Waals surface area contributed by atoms with E-state index in [1.807, 2.05) is 62.4 Å². The second-order valence-electron chi connectivity index (χ2n) is 7.13. The average Bonchev–Trinajstić information content (AvgIpc) is 2.77. The van der Waals surface area contributed by atoms with E-state index in [2.05, 4.69) is 0 Å². The quantitative estimate of drug-likeness (QED) is 0.341. The van der Waals surface area contributed by atoms with Gasteiger partial charge >= 0.3 is 0 Å². The lowest BCUT2D eigenvalue weighted by Gasteiger charge is -2.16. The van der Waals surface area contributed by atoms with E-state index in [0.717, 1.165) is 11.1 Å². The maximum atomic E-state index is 13.7. The Kier molecular flexibility index (Phi) is 5.78. The summed E-state index contributed by atoms with van der Waals surface area (Å²) < 4.78 is 39.3.